The van der Waals surface area contributed by atoms with E-state index in [0.29, 0.717) is 19.8 Å². The summed E-state index contributed by atoms with van der Waals surface area (Å²) in [5, 5.41) is 6.81. The number of nitrogens with zero attached hydrogens (tertiary/aromatic N) is 2. The minimum atomic E-state index is 0. The Morgan fingerprint density at radius 3 is 2.81 bits per heavy atom. The lowest BCUT2D eigenvalue weighted by Crippen LogP contribution is -2.33. The molecular weight excluding hydrogens is 519 g/mol. The fraction of sp³-hybridized carbons (Fsp3) is 0.500. The Labute approximate surface area is 207 Å². The Morgan fingerprint density at radius 1 is 1.12 bits per heavy atom. The van der Waals surface area contributed by atoms with Gasteiger partial charge in [-0.2, -0.15) is 0 Å². The predicted molar refractivity (Wildman–Crippen MR) is 137 cm³/mol. The molecule has 1 aliphatic heterocycles. The number of benzene rings is 1. The van der Waals surface area contributed by atoms with Gasteiger partial charge in [-0.1, -0.05) is 6.07 Å². The maximum atomic E-state index is 5.81. The van der Waals surface area contributed by atoms with Crippen LogP contribution in [0.25, 0.3) is 0 Å². The summed E-state index contributed by atoms with van der Waals surface area (Å²) >= 11 is 0. The summed E-state index contributed by atoms with van der Waals surface area (Å²) in [5.74, 6) is 3.10. The number of pyridine rings is 1. The highest BCUT2D eigenvalue weighted by atomic mass is 127. The fourth-order valence-electron chi connectivity index (χ4n) is 3.26. The highest BCUT2D eigenvalue weighted by molar-refractivity contribution is 14.0. The molecule has 32 heavy (non-hydrogen) atoms. The fourth-order valence-corrected chi connectivity index (χ4v) is 3.26. The van der Waals surface area contributed by atoms with Crippen molar-refractivity contribution in [1.29, 1.82) is 0 Å². The molecule has 174 valence electrons. The van der Waals surface area contributed by atoms with Crippen LogP contribution in [0, 0.1) is 5.92 Å². The number of ether oxygens (including phenoxy) is 3. The second-order valence-corrected chi connectivity index (χ2v) is 7.94. The van der Waals surface area contributed by atoms with Crippen LogP contribution in [0.1, 0.15) is 31.4 Å². The Morgan fingerprint density at radius 2 is 2.00 bits per heavy atom. The molecule has 1 saturated carbocycles. The lowest BCUT2D eigenvalue weighted by atomic mass is 10.2. The summed E-state index contributed by atoms with van der Waals surface area (Å²) in [6.45, 7) is 4.45. The summed E-state index contributed by atoms with van der Waals surface area (Å²) in [6, 6.07) is 11.9. The molecule has 8 heteroatoms. The van der Waals surface area contributed by atoms with Crippen LogP contribution in [-0.2, 0) is 11.2 Å². The van der Waals surface area contributed by atoms with Crippen molar-refractivity contribution in [1.82, 2.24) is 10.3 Å². The van der Waals surface area contributed by atoms with Crippen LogP contribution in [0.2, 0.25) is 0 Å². The van der Waals surface area contributed by atoms with Crippen LogP contribution < -0.4 is 20.1 Å². The van der Waals surface area contributed by atoms with E-state index in [9.17, 15) is 0 Å². The monoisotopic (exact) mass is 552 g/mol. The minimum absolute atomic E-state index is 0. The number of hydrogen-bond acceptors (Lipinski definition) is 5. The van der Waals surface area contributed by atoms with Crippen LogP contribution in [0.3, 0.4) is 0 Å². The van der Waals surface area contributed by atoms with Crippen LogP contribution in [0.15, 0.2) is 47.6 Å². The predicted octanol–water partition coefficient (Wildman–Crippen LogP) is 4.28. The molecule has 2 aliphatic rings. The average molecular weight is 552 g/mol. The zero-order chi connectivity index (χ0) is 21.1. The van der Waals surface area contributed by atoms with Gasteiger partial charge < -0.3 is 24.8 Å². The second-order valence-electron chi connectivity index (χ2n) is 7.94. The van der Waals surface area contributed by atoms with Crippen molar-refractivity contribution in [3.63, 3.8) is 0 Å². The SMILES string of the molecule is I.c1ccc(CCNC(=NCCCOCC2CC2)Nc2ccc3c(c2)OCCCO3)nc1. The van der Waals surface area contributed by atoms with Gasteiger partial charge in [-0.15, -0.1) is 24.0 Å². The van der Waals surface area contributed by atoms with Crippen molar-refractivity contribution in [2.24, 2.45) is 10.9 Å². The van der Waals surface area contributed by atoms with Crippen molar-refractivity contribution >= 4 is 35.6 Å². The molecule has 0 saturated heterocycles. The Hall–Kier alpha value is -2.07. The molecule has 0 radical (unpaired) electrons. The maximum Gasteiger partial charge on any atom is 0.195 e. The van der Waals surface area contributed by atoms with Crippen LogP contribution in [-0.4, -0.2) is 50.5 Å². The molecule has 4 rings (SSSR count). The first kappa shape index (κ1) is 24.6. The van der Waals surface area contributed by atoms with E-state index < -0.39 is 0 Å². The number of guanidine groups is 1. The van der Waals surface area contributed by atoms with Crippen LogP contribution in [0.5, 0.6) is 11.5 Å². The summed E-state index contributed by atoms with van der Waals surface area (Å²) in [4.78, 5) is 9.12. The van der Waals surface area contributed by atoms with E-state index in [2.05, 4.69) is 15.6 Å². The van der Waals surface area contributed by atoms with Gasteiger partial charge >= 0.3 is 0 Å². The number of aliphatic imine (C=N–C) groups is 1. The van der Waals surface area contributed by atoms with Gasteiger partial charge in [-0.3, -0.25) is 9.98 Å². The van der Waals surface area contributed by atoms with Gasteiger partial charge in [0.15, 0.2) is 17.5 Å². The number of halogens is 1. The third-order valence-electron chi connectivity index (χ3n) is 5.18. The highest BCUT2D eigenvalue weighted by Crippen LogP contribution is 2.32. The topological polar surface area (TPSA) is 77.0 Å². The van der Waals surface area contributed by atoms with E-state index in [4.69, 9.17) is 19.2 Å². The van der Waals surface area contributed by atoms with Gasteiger partial charge in [0.2, 0.25) is 0 Å². The molecule has 7 nitrogen and oxygen atoms in total. The quantitative estimate of drug-likeness (QED) is 0.199. The first-order chi connectivity index (χ1) is 15.4. The van der Waals surface area contributed by atoms with Gasteiger partial charge in [0.25, 0.3) is 0 Å². The first-order valence-electron chi connectivity index (χ1n) is 11.3. The van der Waals surface area contributed by atoms with Gasteiger partial charge in [-0.05, 0) is 49.4 Å². The number of anilines is 1. The molecule has 2 N–H and O–H groups in total. The zero-order valence-corrected chi connectivity index (χ0v) is 20.8. The molecular formula is C24H33IN4O3. The summed E-state index contributed by atoms with van der Waals surface area (Å²) < 4.78 is 17.3. The van der Waals surface area contributed by atoms with Crippen molar-refractivity contribution in [2.75, 3.05) is 44.8 Å². The maximum absolute atomic E-state index is 5.81. The van der Waals surface area contributed by atoms with E-state index in [1.54, 1.807) is 0 Å². The molecule has 2 heterocycles. The van der Waals surface area contributed by atoms with E-state index >= 15 is 0 Å². The Balaban J connectivity index is 0.00000289. The first-order valence-corrected chi connectivity index (χ1v) is 11.3. The number of hydrogen-bond donors (Lipinski definition) is 2. The molecule has 0 bridgehead atoms. The smallest absolute Gasteiger partial charge is 0.195 e. The van der Waals surface area contributed by atoms with Crippen molar-refractivity contribution < 1.29 is 14.2 Å². The second kappa shape index (κ2) is 13.5. The highest BCUT2D eigenvalue weighted by Gasteiger charge is 2.20. The third-order valence-corrected chi connectivity index (χ3v) is 5.18. The molecule has 1 aromatic carbocycles. The summed E-state index contributed by atoms with van der Waals surface area (Å²) in [5.41, 5.74) is 1.97. The van der Waals surface area contributed by atoms with E-state index in [-0.39, 0.29) is 24.0 Å². The zero-order valence-electron chi connectivity index (χ0n) is 18.4. The number of nitrogens with one attached hydrogen (secondary N) is 2. The molecule has 0 spiro atoms. The van der Waals surface area contributed by atoms with E-state index in [1.165, 1.54) is 12.8 Å². The standard InChI is InChI=1S/C24H32N4O3.HI/c1-2-11-25-20(5-1)10-13-27-24(26-12-3-14-29-18-19-6-7-19)28-21-8-9-22-23(17-21)31-16-4-15-30-22;/h1-2,5,8-9,11,17,19H,3-4,6-7,10,12-16,18H2,(H2,26,27,28);1H. The number of rotatable bonds is 10. The minimum Gasteiger partial charge on any atom is -0.490 e. The van der Waals surface area contributed by atoms with Crippen molar-refractivity contribution in [3.05, 3.63) is 48.3 Å². The molecule has 0 unspecified atom stereocenters. The molecule has 1 aliphatic carbocycles. The van der Waals surface area contributed by atoms with E-state index in [0.717, 1.165) is 73.8 Å². The van der Waals surface area contributed by atoms with Crippen LogP contribution >= 0.6 is 24.0 Å². The average Bonchev–Trinajstić information content (AvgIpc) is 3.63. The molecule has 2 aromatic rings. The van der Waals surface area contributed by atoms with Crippen LogP contribution in [0.4, 0.5) is 5.69 Å². The number of aromatic nitrogens is 1. The Bertz CT molecular complexity index is 846. The summed E-state index contributed by atoms with van der Waals surface area (Å²) in [6.07, 6.45) is 7.09. The lowest BCUT2D eigenvalue weighted by Gasteiger charge is -2.14. The lowest BCUT2D eigenvalue weighted by molar-refractivity contribution is 0.123. The van der Waals surface area contributed by atoms with E-state index in [1.807, 2.05) is 42.6 Å². The molecule has 1 aromatic heterocycles. The summed E-state index contributed by atoms with van der Waals surface area (Å²) in [7, 11) is 0. The third kappa shape index (κ3) is 8.46. The van der Waals surface area contributed by atoms with Gasteiger partial charge in [0.1, 0.15) is 0 Å². The largest absolute Gasteiger partial charge is 0.490 e. The molecule has 0 amide bonds. The Kier molecular flexibility index (Phi) is 10.3. The normalized spacial score (nSPS) is 15.4. The van der Waals surface area contributed by atoms with Gasteiger partial charge in [0.05, 0.1) is 13.2 Å². The number of fused-ring (bicyclic) bond motifs is 1. The van der Waals surface area contributed by atoms with Gasteiger partial charge in [0, 0.05) is 62.8 Å². The van der Waals surface area contributed by atoms with Crippen molar-refractivity contribution in [2.45, 2.75) is 32.1 Å². The molecule has 0 atom stereocenters. The molecule has 1 fully saturated rings. The van der Waals surface area contributed by atoms with Gasteiger partial charge in [-0.25, -0.2) is 0 Å². The van der Waals surface area contributed by atoms with Crippen molar-refractivity contribution in [3.8, 4) is 11.5 Å².